The molecule has 2 nitrogen and oxygen atoms in total. The summed E-state index contributed by atoms with van der Waals surface area (Å²) in [6, 6.07) is 36.4. The van der Waals surface area contributed by atoms with Crippen LogP contribution in [0.3, 0.4) is 0 Å². The van der Waals surface area contributed by atoms with E-state index in [-0.39, 0.29) is 0 Å². The minimum Gasteiger partial charge on any atom is -0.227 e. The Morgan fingerprint density at radius 3 is 1.50 bits per heavy atom. The van der Waals surface area contributed by atoms with Gasteiger partial charge >= 0.3 is 0 Å². The summed E-state index contributed by atoms with van der Waals surface area (Å²) in [5, 5.41) is 0.695. The second-order valence-electron chi connectivity index (χ2n) is 7.37. The van der Waals surface area contributed by atoms with Crippen LogP contribution in [0.1, 0.15) is 0 Å². The molecule has 0 radical (unpaired) electrons. The standard InChI is InChI=1S/C28H18BrClN2/c29-23-15-11-20(12-16-23)26-25(19-7-3-1-4-8-19)27(21-13-17-24(30)18-14-21)32-28(31-26)22-9-5-2-6-10-22/h1-18H. The van der Waals surface area contributed by atoms with Gasteiger partial charge in [0.05, 0.1) is 11.4 Å². The molecule has 0 unspecified atom stereocenters. The third kappa shape index (κ3) is 4.22. The lowest BCUT2D eigenvalue weighted by atomic mass is 9.94. The fourth-order valence-corrected chi connectivity index (χ4v) is 4.08. The Balaban J connectivity index is 1.86. The highest BCUT2D eigenvalue weighted by Gasteiger charge is 2.19. The zero-order valence-corrected chi connectivity index (χ0v) is 19.4. The summed E-state index contributed by atoms with van der Waals surface area (Å²) < 4.78 is 1.03. The van der Waals surface area contributed by atoms with Crippen molar-refractivity contribution in [2.45, 2.75) is 0 Å². The fourth-order valence-electron chi connectivity index (χ4n) is 3.69. The van der Waals surface area contributed by atoms with Crippen molar-refractivity contribution < 1.29 is 0 Å². The first-order valence-electron chi connectivity index (χ1n) is 10.2. The fraction of sp³-hybridized carbons (Fsp3) is 0. The van der Waals surface area contributed by atoms with Crippen LogP contribution < -0.4 is 0 Å². The second kappa shape index (κ2) is 9.07. The van der Waals surface area contributed by atoms with E-state index in [0.717, 1.165) is 43.7 Å². The average Bonchev–Trinajstić information content (AvgIpc) is 2.85. The van der Waals surface area contributed by atoms with Crippen LogP contribution in [0.25, 0.3) is 45.0 Å². The van der Waals surface area contributed by atoms with Crippen molar-refractivity contribution in [3.8, 4) is 45.0 Å². The largest absolute Gasteiger partial charge is 0.227 e. The van der Waals surface area contributed by atoms with Gasteiger partial charge < -0.3 is 0 Å². The average molecular weight is 498 g/mol. The van der Waals surface area contributed by atoms with E-state index >= 15 is 0 Å². The van der Waals surface area contributed by atoms with E-state index in [1.165, 1.54) is 0 Å². The molecule has 0 spiro atoms. The number of hydrogen-bond acceptors (Lipinski definition) is 2. The van der Waals surface area contributed by atoms with E-state index in [9.17, 15) is 0 Å². The third-order valence-electron chi connectivity index (χ3n) is 5.24. The van der Waals surface area contributed by atoms with Crippen LogP contribution in [0.4, 0.5) is 0 Å². The summed E-state index contributed by atoms with van der Waals surface area (Å²) in [5.74, 6) is 0.688. The van der Waals surface area contributed by atoms with Gasteiger partial charge in [0, 0.05) is 31.7 Å². The highest BCUT2D eigenvalue weighted by atomic mass is 79.9. The van der Waals surface area contributed by atoms with Crippen molar-refractivity contribution in [1.29, 1.82) is 0 Å². The van der Waals surface area contributed by atoms with Crippen LogP contribution in [0.2, 0.25) is 5.02 Å². The van der Waals surface area contributed by atoms with Crippen LogP contribution >= 0.6 is 27.5 Å². The topological polar surface area (TPSA) is 25.8 Å². The lowest BCUT2D eigenvalue weighted by molar-refractivity contribution is 1.18. The van der Waals surface area contributed by atoms with Crippen molar-refractivity contribution in [2.24, 2.45) is 0 Å². The van der Waals surface area contributed by atoms with Crippen LogP contribution in [0.5, 0.6) is 0 Å². The molecule has 0 aliphatic rings. The van der Waals surface area contributed by atoms with E-state index in [1.54, 1.807) is 0 Å². The lowest BCUT2D eigenvalue weighted by Crippen LogP contribution is -2.00. The van der Waals surface area contributed by atoms with Crippen molar-refractivity contribution in [3.05, 3.63) is 119 Å². The van der Waals surface area contributed by atoms with Gasteiger partial charge in [0.25, 0.3) is 0 Å². The van der Waals surface area contributed by atoms with Crippen LogP contribution in [-0.2, 0) is 0 Å². The maximum Gasteiger partial charge on any atom is 0.160 e. The number of hydrogen-bond donors (Lipinski definition) is 0. The van der Waals surface area contributed by atoms with E-state index in [2.05, 4.69) is 40.2 Å². The Labute approximate surface area is 200 Å². The third-order valence-corrected chi connectivity index (χ3v) is 6.02. The molecule has 4 heteroatoms. The quantitative estimate of drug-likeness (QED) is 0.248. The van der Waals surface area contributed by atoms with Crippen molar-refractivity contribution in [2.75, 3.05) is 0 Å². The smallest absolute Gasteiger partial charge is 0.160 e. The van der Waals surface area contributed by atoms with Gasteiger partial charge in [0.1, 0.15) is 0 Å². The molecule has 5 aromatic rings. The number of benzene rings is 4. The van der Waals surface area contributed by atoms with E-state index in [1.807, 2.05) is 84.9 Å². The zero-order valence-electron chi connectivity index (χ0n) is 17.0. The zero-order chi connectivity index (χ0) is 21.9. The summed E-state index contributed by atoms with van der Waals surface area (Å²) in [4.78, 5) is 10.1. The molecule has 1 heterocycles. The molecule has 0 atom stereocenters. The minimum absolute atomic E-state index is 0.688. The van der Waals surface area contributed by atoms with Gasteiger partial charge in [-0.3, -0.25) is 0 Å². The highest BCUT2D eigenvalue weighted by molar-refractivity contribution is 9.10. The molecular formula is C28H18BrClN2. The molecule has 5 rings (SSSR count). The minimum atomic E-state index is 0.688. The van der Waals surface area contributed by atoms with Gasteiger partial charge in [0.15, 0.2) is 5.82 Å². The maximum absolute atomic E-state index is 6.19. The predicted octanol–water partition coefficient (Wildman–Crippen LogP) is 8.56. The Bertz CT molecular complexity index is 1280. The molecule has 32 heavy (non-hydrogen) atoms. The summed E-state index contributed by atoms with van der Waals surface area (Å²) in [6.45, 7) is 0. The molecule has 0 saturated carbocycles. The first-order chi connectivity index (χ1) is 15.7. The molecule has 0 N–H and O–H groups in total. The van der Waals surface area contributed by atoms with Gasteiger partial charge in [0.2, 0.25) is 0 Å². The van der Waals surface area contributed by atoms with Gasteiger partial charge in [-0.1, -0.05) is 112 Å². The van der Waals surface area contributed by atoms with E-state index < -0.39 is 0 Å². The highest BCUT2D eigenvalue weighted by Crippen LogP contribution is 2.39. The maximum atomic E-state index is 6.19. The molecule has 154 valence electrons. The number of aromatic nitrogens is 2. The van der Waals surface area contributed by atoms with E-state index in [0.29, 0.717) is 10.8 Å². The van der Waals surface area contributed by atoms with Gasteiger partial charge in [-0.15, -0.1) is 0 Å². The molecule has 0 fully saturated rings. The summed E-state index contributed by atoms with van der Waals surface area (Å²) in [5.41, 5.74) is 6.82. The predicted molar refractivity (Wildman–Crippen MR) is 136 cm³/mol. The summed E-state index contributed by atoms with van der Waals surface area (Å²) in [6.07, 6.45) is 0. The van der Waals surface area contributed by atoms with Crippen LogP contribution in [0.15, 0.2) is 114 Å². The summed E-state index contributed by atoms with van der Waals surface area (Å²) in [7, 11) is 0. The monoisotopic (exact) mass is 496 g/mol. The Morgan fingerprint density at radius 2 is 0.969 bits per heavy atom. The lowest BCUT2D eigenvalue weighted by Gasteiger charge is -2.17. The van der Waals surface area contributed by atoms with Gasteiger partial charge in [-0.05, 0) is 29.8 Å². The van der Waals surface area contributed by atoms with Crippen molar-refractivity contribution >= 4 is 27.5 Å². The molecule has 1 aromatic heterocycles. The number of nitrogens with zero attached hydrogens (tertiary/aromatic N) is 2. The molecule has 0 saturated heterocycles. The molecular weight excluding hydrogens is 480 g/mol. The SMILES string of the molecule is Clc1ccc(-c2nc(-c3ccccc3)nc(-c3ccc(Br)cc3)c2-c2ccccc2)cc1. The Kier molecular flexibility index (Phi) is 5.85. The molecule has 4 aromatic carbocycles. The first-order valence-corrected chi connectivity index (χ1v) is 11.4. The number of rotatable bonds is 4. The summed E-state index contributed by atoms with van der Waals surface area (Å²) >= 11 is 9.73. The van der Waals surface area contributed by atoms with Crippen molar-refractivity contribution in [3.63, 3.8) is 0 Å². The Hall–Kier alpha value is -3.27. The van der Waals surface area contributed by atoms with Crippen LogP contribution in [-0.4, -0.2) is 9.97 Å². The molecule has 0 aliphatic heterocycles. The van der Waals surface area contributed by atoms with Crippen LogP contribution in [0, 0.1) is 0 Å². The van der Waals surface area contributed by atoms with Crippen molar-refractivity contribution in [1.82, 2.24) is 9.97 Å². The number of halogens is 2. The van der Waals surface area contributed by atoms with Gasteiger partial charge in [-0.25, -0.2) is 9.97 Å². The molecule has 0 aliphatic carbocycles. The molecule has 0 bridgehead atoms. The normalized spacial score (nSPS) is 10.8. The van der Waals surface area contributed by atoms with E-state index in [4.69, 9.17) is 21.6 Å². The Morgan fingerprint density at radius 1 is 0.500 bits per heavy atom. The second-order valence-corrected chi connectivity index (χ2v) is 8.72. The first kappa shape index (κ1) is 20.6. The molecule has 0 amide bonds. The van der Waals surface area contributed by atoms with Gasteiger partial charge in [-0.2, -0.15) is 0 Å².